The number of nitrogens with zero attached hydrogens (tertiary/aromatic N) is 13. The number of para-hydroxylation sites is 1. The molecule has 9 heterocycles. The molecule has 27 heteroatoms. The number of primary amides is 1. The average Bonchev–Trinajstić information content (AvgIpc) is 1.63. The lowest BCUT2D eigenvalue weighted by Crippen LogP contribution is -2.35. The summed E-state index contributed by atoms with van der Waals surface area (Å²) >= 11 is 12.2. The van der Waals surface area contributed by atoms with E-state index < -0.39 is 18.0 Å². The maximum Gasteiger partial charge on any atom is 0.471 e. The van der Waals surface area contributed by atoms with Gasteiger partial charge >= 0.3 is 12.1 Å². The van der Waals surface area contributed by atoms with E-state index in [0.717, 1.165) is 91.2 Å². The molecule has 1 aliphatic rings. The molecular weight excluding hydrogens is 1470 g/mol. The van der Waals surface area contributed by atoms with Gasteiger partial charge in [-0.2, -0.15) is 33.6 Å². The van der Waals surface area contributed by atoms with Crippen LogP contribution in [-0.4, -0.2) is 114 Å². The Kier molecular flexibility index (Phi) is 25.1. The molecule has 0 saturated carbocycles. The molecule has 0 spiro atoms. The lowest BCUT2D eigenvalue weighted by atomic mass is 9.87. The van der Waals surface area contributed by atoms with Crippen molar-refractivity contribution in [2.75, 3.05) is 29.9 Å². The molecule has 0 aliphatic carbocycles. The number of phenols is 1. The number of alkyl halides is 3. The number of rotatable bonds is 19. The number of aromatic nitrogens is 12. The molecule has 0 atom stereocenters. The molecular formula is C85H76Cl2F3N17O5. The van der Waals surface area contributed by atoms with Crippen LogP contribution in [0.2, 0.25) is 10.0 Å². The molecule has 15 rings (SSSR count). The van der Waals surface area contributed by atoms with Crippen LogP contribution >= 0.6 is 23.2 Å². The van der Waals surface area contributed by atoms with E-state index in [0.29, 0.717) is 65.0 Å². The number of phenolic OH excluding ortho intramolecular Hbond substituents is 1. The molecule has 0 bridgehead atoms. The molecule has 8 aromatic heterocycles. The Morgan fingerprint density at radius 1 is 0.545 bits per heavy atom. The maximum atomic E-state index is 12.6. The highest BCUT2D eigenvalue weighted by Crippen LogP contribution is 2.35. The van der Waals surface area contributed by atoms with Crippen LogP contribution in [0.15, 0.2) is 268 Å². The van der Waals surface area contributed by atoms with Gasteiger partial charge in [-0.05, 0) is 176 Å². The molecule has 0 unspecified atom stereocenters. The molecule has 22 nitrogen and oxygen atoms in total. The van der Waals surface area contributed by atoms with Crippen LogP contribution in [0.25, 0.3) is 79.0 Å². The standard InChI is InChI=1S/C29H33N5O2.C21H16N4O.C18H14Cl2N4O.C17H13F3N4O/c1-29(2,3)23-8-10-24(11-9-23)34-25(17-27(33-34)22-5-4-15-30-18-22)19-31-20-28(36)32-16-14-21-6-12-26(35)13-7-21;22-21(26)16-10-8-15(9-11-16)20-13-19(17-5-4-12-23-14-17)24-25(20)18-6-2-1-3-7-18;19-14-6-5-13(9-15(14)20)24-17(23-8-2-4-18(23)25)10-16(22-24)12-3-1-7-21-11-12;1-11-2-4-13(5-3-11)24-15(22-16(25)17(18,19)20)10-14(23-24)12-6-8-21-9-7-12/h4-13,15,17-18,31,35H,14,16,19-20H2,1-3H3,(H,32,36);1-14H,(H2,22,26);1,3,5-7,9-11H,2,4,8H2;2-10H,1H3,(H,22,25). The number of nitrogens with two attached hydrogens (primary N) is 1. The fourth-order valence-electron chi connectivity index (χ4n) is 11.8. The number of nitrogens with one attached hydrogen (secondary N) is 3. The van der Waals surface area contributed by atoms with Crippen LogP contribution in [0.4, 0.5) is 24.8 Å². The summed E-state index contributed by atoms with van der Waals surface area (Å²) in [5.74, 6) is -1.58. The zero-order valence-electron chi connectivity index (χ0n) is 61.2. The highest BCUT2D eigenvalue weighted by Gasteiger charge is 2.39. The van der Waals surface area contributed by atoms with Gasteiger partial charge in [0.15, 0.2) is 0 Å². The molecule has 112 heavy (non-hydrogen) atoms. The minimum absolute atomic E-state index is 0.0677. The van der Waals surface area contributed by atoms with E-state index >= 15 is 0 Å². The highest BCUT2D eigenvalue weighted by atomic mass is 35.5. The van der Waals surface area contributed by atoms with Gasteiger partial charge in [-0.15, -0.1) is 0 Å². The highest BCUT2D eigenvalue weighted by molar-refractivity contribution is 6.42. The van der Waals surface area contributed by atoms with Gasteiger partial charge in [0, 0.05) is 121 Å². The fraction of sp³-hybridized carbons (Fsp3) is 0.153. The van der Waals surface area contributed by atoms with Gasteiger partial charge in [0.2, 0.25) is 17.7 Å². The van der Waals surface area contributed by atoms with Crippen LogP contribution < -0.4 is 26.6 Å². The smallest absolute Gasteiger partial charge is 0.471 e. The van der Waals surface area contributed by atoms with Crippen molar-refractivity contribution in [3.05, 3.63) is 306 Å². The van der Waals surface area contributed by atoms with Crippen LogP contribution in [0.5, 0.6) is 5.75 Å². The van der Waals surface area contributed by atoms with Crippen LogP contribution in [-0.2, 0) is 32.8 Å². The third-order valence-corrected chi connectivity index (χ3v) is 18.5. The number of pyridine rings is 4. The van der Waals surface area contributed by atoms with Crippen molar-refractivity contribution in [1.29, 1.82) is 0 Å². The lowest BCUT2D eigenvalue weighted by Gasteiger charge is -2.19. The number of hydrogen-bond acceptors (Lipinski definition) is 14. The Labute approximate surface area is 653 Å². The number of amides is 4. The van der Waals surface area contributed by atoms with E-state index in [4.69, 9.17) is 39.1 Å². The van der Waals surface area contributed by atoms with E-state index in [-0.39, 0.29) is 35.3 Å². The second-order valence-corrected chi connectivity index (χ2v) is 27.6. The van der Waals surface area contributed by atoms with Crippen molar-refractivity contribution < 1.29 is 37.5 Å². The van der Waals surface area contributed by atoms with Gasteiger partial charge in [-0.1, -0.05) is 116 Å². The third kappa shape index (κ3) is 20.2. The van der Waals surface area contributed by atoms with Crippen LogP contribution in [0, 0.1) is 6.92 Å². The van der Waals surface area contributed by atoms with E-state index in [2.05, 4.69) is 85.8 Å². The minimum Gasteiger partial charge on any atom is -0.508 e. The molecule has 1 fully saturated rings. The number of hydrogen-bond donors (Lipinski definition) is 5. The number of aryl methyl sites for hydroxylation is 1. The summed E-state index contributed by atoms with van der Waals surface area (Å²) in [5.41, 5.74) is 21.5. The first-order valence-electron chi connectivity index (χ1n) is 35.5. The Hall–Kier alpha value is -13.2. The molecule has 566 valence electrons. The quantitative estimate of drug-likeness (QED) is 0.0504. The summed E-state index contributed by atoms with van der Waals surface area (Å²) in [6.07, 6.45) is 10.7. The topological polar surface area (TPSA) is 277 Å². The summed E-state index contributed by atoms with van der Waals surface area (Å²) in [4.78, 5) is 65.4. The van der Waals surface area contributed by atoms with E-state index in [9.17, 15) is 37.5 Å². The maximum absolute atomic E-state index is 12.6. The van der Waals surface area contributed by atoms with Crippen molar-refractivity contribution in [1.82, 2.24) is 69.7 Å². The van der Waals surface area contributed by atoms with Crippen molar-refractivity contribution in [3.63, 3.8) is 0 Å². The second kappa shape index (κ2) is 35.9. The molecule has 14 aromatic rings. The van der Waals surface area contributed by atoms with Crippen molar-refractivity contribution in [3.8, 4) is 84.8 Å². The van der Waals surface area contributed by atoms with Crippen LogP contribution in [0.3, 0.4) is 0 Å². The molecule has 6 aromatic carbocycles. The number of carbonyl (C=O) groups excluding carboxylic acids is 4. The normalized spacial score (nSPS) is 11.9. The summed E-state index contributed by atoms with van der Waals surface area (Å²) in [6, 6.07) is 67.1. The van der Waals surface area contributed by atoms with Crippen molar-refractivity contribution >= 4 is 58.5 Å². The zero-order chi connectivity index (χ0) is 78.9. The molecule has 4 amide bonds. The molecule has 6 N–H and O–H groups in total. The average molecular weight is 1540 g/mol. The second-order valence-electron chi connectivity index (χ2n) is 26.8. The van der Waals surface area contributed by atoms with E-state index in [1.807, 2.05) is 137 Å². The number of halogens is 5. The molecule has 1 saturated heterocycles. The number of carbonyl (C=O) groups is 4. The Morgan fingerprint density at radius 2 is 1.11 bits per heavy atom. The number of anilines is 2. The first kappa shape index (κ1) is 78.4. The molecule has 1 aliphatic heterocycles. The summed E-state index contributed by atoms with van der Waals surface area (Å²) < 4.78 is 44.6. The monoisotopic (exact) mass is 1540 g/mol. The molecule has 0 radical (unpaired) electrons. The van der Waals surface area contributed by atoms with Gasteiger partial charge in [-0.3, -0.25) is 44.0 Å². The Morgan fingerprint density at radius 3 is 1.69 bits per heavy atom. The number of aromatic hydroxyl groups is 1. The predicted octanol–water partition coefficient (Wildman–Crippen LogP) is 16.2. The Balaban J connectivity index is 0.000000140. The summed E-state index contributed by atoms with van der Waals surface area (Å²) in [7, 11) is 0. The third-order valence-electron chi connectivity index (χ3n) is 17.7. The van der Waals surface area contributed by atoms with Crippen molar-refractivity contribution in [2.24, 2.45) is 5.73 Å². The summed E-state index contributed by atoms with van der Waals surface area (Å²) in [5, 5.41) is 37.0. The first-order chi connectivity index (χ1) is 54.0. The van der Waals surface area contributed by atoms with Gasteiger partial charge in [-0.25, -0.2) is 18.7 Å². The predicted molar refractivity (Wildman–Crippen MR) is 427 cm³/mol. The van der Waals surface area contributed by atoms with Gasteiger partial charge in [0.25, 0.3) is 0 Å². The van der Waals surface area contributed by atoms with Crippen LogP contribution in [0.1, 0.15) is 66.4 Å². The van der Waals surface area contributed by atoms with Gasteiger partial charge in [0.1, 0.15) is 17.4 Å². The SMILES string of the molecule is CC(C)(C)c1ccc(-n2nc(-c3cccnc3)cc2CNCC(=O)NCCc2ccc(O)cc2)cc1.Cc1ccc(-n2nc(-c3ccncc3)cc2NC(=O)C(F)(F)F)cc1.NC(=O)c1ccc(-c2cc(-c3cccnc3)nn2-c2ccccc2)cc1.O=C1CCCN1c1cc(-c2cccnc2)nn1-c1ccc(Cl)c(Cl)c1. The van der Waals surface area contributed by atoms with Gasteiger partial charge in [0.05, 0.1) is 73.5 Å². The zero-order valence-corrected chi connectivity index (χ0v) is 62.7. The van der Waals surface area contributed by atoms with E-state index in [1.165, 1.54) is 16.3 Å². The number of benzene rings is 6. The first-order valence-corrected chi connectivity index (χ1v) is 36.3. The largest absolute Gasteiger partial charge is 0.508 e. The van der Waals surface area contributed by atoms with E-state index in [1.54, 1.807) is 132 Å². The minimum atomic E-state index is -4.99. The Bertz CT molecular complexity index is 5510. The fourth-order valence-corrected chi connectivity index (χ4v) is 12.1. The summed E-state index contributed by atoms with van der Waals surface area (Å²) in [6.45, 7) is 10.4. The lowest BCUT2D eigenvalue weighted by molar-refractivity contribution is -0.167. The van der Waals surface area contributed by atoms with Gasteiger partial charge < -0.3 is 26.8 Å². The van der Waals surface area contributed by atoms with Crippen molar-refractivity contribution in [2.45, 2.75) is 65.1 Å².